The molecular formula is C19H21FN2O2. The van der Waals surface area contributed by atoms with E-state index < -0.39 is 0 Å². The Bertz CT molecular complexity index is 661. The minimum atomic E-state index is -0.315. The molecule has 126 valence electrons. The van der Waals surface area contributed by atoms with Gasteiger partial charge in [0.25, 0.3) is 5.91 Å². The number of hydrogen-bond donors (Lipinski definition) is 0. The van der Waals surface area contributed by atoms with Gasteiger partial charge < -0.3 is 9.64 Å². The Morgan fingerprint density at radius 1 is 1.21 bits per heavy atom. The van der Waals surface area contributed by atoms with E-state index >= 15 is 0 Å². The van der Waals surface area contributed by atoms with Crippen LogP contribution in [0.25, 0.3) is 0 Å². The summed E-state index contributed by atoms with van der Waals surface area (Å²) < 4.78 is 18.4. The second-order valence-electron chi connectivity index (χ2n) is 6.02. The van der Waals surface area contributed by atoms with Gasteiger partial charge in [-0.3, -0.25) is 9.78 Å². The predicted molar refractivity (Wildman–Crippen MR) is 89.2 cm³/mol. The zero-order valence-electron chi connectivity index (χ0n) is 13.5. The lowest BCUT2D eigenvalue weighted by Gasteiger charge is -2.24. The summed E-state index contributed by atoms with van der Waals surface area (Å²) in [7, 11) is 0. The third-order valence-electron chi connectivity index (χ3n) is 4.39. The van der Waals surface area contributed by atoms with E-state index in [-0.39, 0.29) is 24.4 Å². The van der Waals surface area contributed by atoms with Crippen molar-refractivity contribution in [3.8, 4) is 5.75 Å². The second-order valence-corrected chi connectivity index (χ2v) is 6.02. The van der Waals surface area contributed by atoms with Gasteiger partial charge in [-0.15, -0.1) is 0 Å². The van der Waals surface area contributed by atoms with Crippen molar-refractivity contribution in [1.29, 1.82) is 0 Å². The van der Waals surface area contributed by atoms with Crippen molar-refractivity contribution in [3.63, 3.8) is 0 Å². The Morgan fingerprint density at radius 3 is 2.71 bits per heavy atom. The minimum absolute atomic E-state index is 0.00259. The van der Waals surface area contributed by atoms with Gasteiger partial charge in [0.15, 0.2) is 6.61 Å². The number of hydrogen-bond acceptors (Lipinski definition) is 3. The molecule has 5 heteroatoms. The van der Waals surface area contributed by atoms with Crippen LogP contribution in [0.1, 0.15) is 24.8 Å². The molecule has 24 heavy (non-hydrogen) atoms. The highest BCUT2D eigenvalue weighted by atomic mass is 19.1. The first kappa shape index (κ1) is 16.4. The average molecular weight is 328 g/mol. The molecule has 0 N–H and O–H groups in total. The molecule has 2 heterocycles. The van der Waals surface area contributed by atoms with Gasteiger partial charge in [0.05, 0.1) is 0 Å². The van der Waals surface area contributed by atoms with Crippen LogP contribution in [-0.2, 0) is 11.2 Å². The largest absolute Gasteiger partial charge is 0.484 e. The molecule has 0 spiro atoms. The van der Waals surface area contributed by atoms with E-state index in [0.29, 0.717) is 5.75 Å². The Labute approximate surface area is 141 Å². The molecule has 1 aromatic heterocycles. The third kappa shape index (κ3) is 4.31. The van der Waals surface area contributed by atoms with E-state index in [1.54, 1.807) is 12.4 Å². The average Bonchev–Trinajstić information content (AvgIpc) is 3.09. The molecule has 0 radical (unpaired) electrons. The molecule has 1 aromatic carbocycles. The van der Waals surface area contributed by atoms with Crippen LogP contribution in [0.3, 0.4) is 0 Å². The molecule has 0 aliphatic carbocycles. The zero-order valence-corrected chi connectivity index (χ0v) is 13.5. The first-order chi connectivity index (χ1) is 11.7. The number of aryl methyl sites for hydroxylation is 1. The first-order valence-electron chi connectivity index (χ1n) is 8.29. The molecule has 1 atom stereocenters. The van der Waals surface area contributed by atoms with Gasteiger partial charge in [-0.05, 0) is 67.6 Å². The lowest BCUT2D eigenvalue weighted by molar-refractivity contribution is -0.134. The van der Waals surface area contributed by atoms with Gasteiger partial charge in [-0.1, -0.05) is 0 Å². The number of amides is 1. The number of nitrogens with zero attached hydrogens (tertiary/aromatic N) is 2. The number of rotatable bonds is 6. The summed E-state index contributed by atoms with van der Waals surface area (Å²) in [6.07, 6.45) is 7.55. The molecular weight excluding hydrogens is 307 g/mol. The van der Waals surface area contributed by atoms with Crippen LogP contribution in [0.2, 0.25) is 0 Å². The Hall–Kier alpha value is -2.43. The zero-order chi connectivity index (χ0) is 16.8. The first-order valence-corrected chi connectivity index (χ1v) is 8.29. The number of benzene rings is 1. The Morgan fingerprint density at radius 2 is 1.96 bits per heavy atom. The highest BCUT2D eigenvalue weighted by Crippen LogP contribution is 2.22. The maximum Gasteiger partial charge on any atom is 0.260 e. The summed E-state index contributed by atoms with van der Waals surface area (Å²) >= 11 is 0. The van der Waals surface area contributed by atoms with Crippen LogP contribution in [0.5, 0.6) is 5.75 Å². The quantitative estimate of drug-likeness (QED) is 0.818. The molecule has 1 fully saturated rings. The van der Waals surface area contributed by atoms with Crippen LogP contribution < -0.4 is 4.74 Å². The smallest absolute Gasteiger partial charge is 0.260 e. The van der Waals surface area contributed by atoms with Crippen molar-refractivity contribution >= 4 is 5.91 Å². The van der Waals surface area contributed by atoms with Crippen molar-refractivity contribution in [2.75, 3.05) is 13.2 Å². The Balaban J connectivity index is 1.50. The van der Waals surface area contributed by atoms with E-state index in [1.165, 1.54) is 29.8 Å². The molecule has 2 aromatic rings. The molecule has 1 amide bonds. The SMILES string of the molecule is O=C(COc1ccc(F)cc1)N1CCC[C@H]1CCc1ccncc1. The summed E-state index contributed by atoms with van der Waals surface area (Å²) in [4.78, 5) is 18.4. The Kier molecular flexibility index (Phi) is 5.41. The van der Waals surface area contributed by atoms with E-state index in [0.717, 1.165) is 32.2 Å². The molecule has 1 aliphatic heterocycles. The molecule has 1 saturated heterocycles. The van der Waals surface area contributed by atoms with Gasteiger partial charge in [0.1, 0.15) is 11.6 Å². The summed E-state index contributed by atoms with van der Waals surface area (Å²) in [5.74, 6) is 0.193. The van der Waals surface area contributed by atoms with Gasteiger partial charge in [-0.2, -0.15) is 0 Å². The fraction of sp³-hybridized carbons (Fsp3) is 0.368. The van der Waals surface area contributed by atoms with E-state index in [9.17, 15) is 9.18 Å². The van der Waals surface area contributed by atoms with Gasteiger partial charge in [0.2, 0.25) is 0 Å². The topological polar surface area (TPSA) is 42.4 Å². The van der Waals surface area contributed by atoms with Crippen LogP contribution in [-0.4, -0.2) is 35.0 Å². The normalized spacial score (nSPS) is 17.0. The number of carbonyl (C=O) groups is 1. The van der Waals surface area contributed by atoms with E-state index in [4.69, 9.17) is 4.74 Å². The predicted octanol–water partition coefficient (Wildman–Crippen LogP) is 3.22. The van der Waals surface area contributed by atoms with Crippen LogP contribution in [0, 0.1) is 5.82 Å². The summed E-state index contributed by atoms with van der Waals surface area (Å²) in [5.41, 5.74) is 1.24. The minimum Gasteiger partial charge on any atom is -0.484 e. The lowest BCUT2D eigenvalue weighted by atomic mass is 10.0. The molecule has 3 rings (SSSR count). The van der Waals surface area contributed by atoms with Crippen molar-refractivity contribution in [2.24, 2.45) is 0 Å². The molecule has 0 unspecified atom stereocenters. The second kappa shape index (κ2) is 7.90. The molecule has 0 saturated carbocycles. The number of carbonyl (C=O) groups excluding carboxylic acids is 1. The van der Waals surface area contributed by atoms with Crippen LogP contribution >= 0.6 is 0 Å². The third-order valence-corrected chi connectivity index (χ3v) is 4.39. The van der Waals surface area contributed by atoms with Crippen LogP contribution in [0.4, 0.5) is 4.39 Å². The van der Waals surface area contributed by atoms with Crippen molar-refractivity contribution in [2.45, 2.75) is 31.7 Å². The van der Waals surface area contributed by atoms with Crippen molar-refractivity contribution in [1.82, 2.24) is 9.88 Å². The lowest BCUT2D eigenvalue weighted by Crippen LogP contribution is -2.38. The number of likely N-dealkylation sites (tertiary alicyclic amines) is 1. The summed E-state index contributed by atoms with van der Waals surface area (Å²) in [5, 5.41) is 0. The standard InChI is InChI=1S/C19H21FN2O2/c20-16-4-7-18(8-5-16)24-14-19(23)22-13-1-2-17(22)6-3-15-9-11-21-12-10-15/h4-5,7-12,17H,1-3,6,13-14H2/t17-/m0/s1. The molecule has 4 nitrogen and oxygen atoms in total. The van der Waals surface area contributed by atoms with E-state index in [1.807, 2.05) is 17.0 Å². The highest BCUT2D eigenvalue weighted by molar-refractivity contribution is 5.78. The van der Waals surface area contributed by atoms with E-state index in [2.05, 4.69) is 4.98 Å². The monoisotopic (exact) mass is 328 g/mol. The van der Waals surface area contributed by atoms with Gasteiger partial charge >= 0.3 is 0 Å². The maximum atomic E-state index is 12.9. The fourth-order valence-electron chi connectivity index (χ4n) is 3.11. The summed E-state index contributed by atoms with van der Waals surface area (Å²) in [6.45, 7) is 0.782. The van der Waals surface area contributed by atoms with Crippen molar-refractivity contribution in [3.05, 3.63) is 60.2 Å². The van der Waals surface area contributed by atoms with Crippen molar-refractivity contribution < 1.29 is 13.9 Å². The molecule has 0 bridgehead atoms. The maximum absolute atomic E-state index is 12.9. The van der Waals surface area contributed by atoms with Gasteiger partial charge in [0, 0.05) is 25.0 Å². The number of ether oxygens (including phenoxy) is 1. The number of pyridine rings is 1. The van der Waals surface area contributed by atoms with Crippen LogP contribution in [0.15, 0.2) is 48.8 Å². The number of aromatic nitrogens is 1. The van der Waals surface area contributed by atoms with Gasteiger partial charge in [-0.25, -0.2) is 4.39 Å². The number of halogens is 1. The molecule has 1 aliphatic rings. The highest BCUT2D eigenvalue weighted by Gasteiger charge is 2.28. The fourth-order valence-corrected chi connectivity index (χ4v) is 3.11. The summed E-state index contributed by atoms with van der Waals surface area (Å²) in [6, 6.07) is 10.0.